The average molecular weight is 337 g/mol. The van der Waals surface area contributed by atoms with Gasteiger partial charge in [0.15, 0.2) is 0 Å². The van der Waals surface area contributed by atoms with E-state index in [1.165, 1.54) is 0 Å². The molecule has 0 saturated heterocycles. The summed E-state index contributed by atoms with van der Waals surface area (Å²) in [5, 5.41) is 0. The first-order valence-corrected chi connectivity index (χ1v) is 8.64. The van der Waals surface area contributed by atoms with Crippen LogP contribution >= 0.6 is 0 Å². The molecule has 1 aliphatic heterocycles. The highest BCUT2D eigenvalue weighted by Crippen LogP contribution is 2.40. The summed E-state index contributed by atoms with van der Waals surface area (Å²) in [5.41, 5.74) is 2.47. The zero-order chi connectivity index (χ0) is 18.0. The number of aromatic nitrogens is 1. The summed E-state index contributed by atoms with van der Waals surface area (Å²) in [6, 6.07) is 11.4. The normalized spacial score (nSPS) is 19.2. The van der Waals surface area contributed by atoms with Crippen molar-refractivity contribution in [2.24, 2.45) is 0 Å². The number of hydrogen-bond donors (Lipinski definition) is 0. The second kappa shape index (κ2) is 7.05. The van der Waals surface area contributed by atoms with E-state index in [0.717, 1.165) is 17.7 Å². The van der Waals surface area contributed by atoms with E-state index in [4.69, 9.17) is 0 Å². The fraction of sp³-hybridized carbons (Fsp3) is 0.350. The fourth-order valence-electron chi connectivity index (χ4n) is 3.68. The Bertz CT molecular complexity index is 776. The Hall–Kier alpha value is -2.69. The molecule has 5 nitrogen and oxygen atoms in total. The smallest absolute Gasteiger partial charge is 0.260 e. The third-order valence-electron chi connectivity index (χ3n) is 4.81. The SMILES string of the molecule is CCN(C(C)=O)[C@@H]1C[C@H](C)N(C(=O)c2cccnc2)c2ccccc21. The summed E-state index contributed by atoms with van der Waals surface area (Å²) in [5.74, 6) is -0.00101. The number of pyridine rings is 1. The van der Waals surface area contributed by atoms with Gasteiger partial charge in [-0.3, -0.25) is 14.6 Å². The third kappa shape index (κ3) is 3.14. The van der Waals surface area contributed by atoms with E-state index in [1.807, 2.05) is 47.9 Å². The number of benzene rings is 1. The number of para-hydroxylation sites is 1. The Balaban J connectivity index is 2.04. The largest absolute Gasteiger partial charge is 0.336 e. The minimum absolute atomic E-state index is 0.00773. The summed E-state index contributed by atoms with van der Waals surface area (Å²) in [6.07, 6.45) is 3.97. The Morgan fingerprint density at radius 3 is 2.64 bits per heavy atom. The fourth-order valence-corrected chi connectivity index (χ4v) is 3.68. The number of rotatable bonds is 3. The van der Waals surface area contributed by atoms with Gasteiger partial charge in [-0.15, -0.1) is 0 Å². The van der Waals surface area contributed by atoms with Crippen LogP contribution in [0.4, 0.5) is 5.69 Å². The number of fused-ring (bicyclic) bond motifs is 1. The maximum atomic E-state index is 13.1. The number of anilines is 1. The number of hydrogen-bond acceptors (Lipinski definition) is 3. The molecule has 25 heavy (non-hydrogen) atoms. The predicted octanol–water partition coefficient (Wildman–Crippen LogP) is 3.43. The summed E-state index contributed by atoms with van der Waals surface area (Å²) in [4.78, 5) is 32.9. The van der Waals surface area contributed by atoms with E-state index in [9.17, 15) is 9.59 Å². The highest BCUT2D eigenvalue weighted by Gasteiger charge is 2.36. The van der Waals surface area contributed by atoms with Gasteiger partial charge in [0, 0.05) is 37.6 Å². The molecule has 2 amide bonds. The topological polar surface area (TPSA) is 53.5 Å². The molecule has 0 spiro atoms. The van der Waals surface area contributed by atoms with E-state index in [-0.39, 0.29) is 23.9 Å². The van der Waals surface area contributed by atoms with Gasteiger partial charge in [0.05, 0.1) is 11.6 Å². The molecule has 0 aliphatic carbocycles. The van der Waals surface area contributed by atoms with Gasteiger partial charge in [-0.05, 0) is 44.0 Å². The van der Waals surface area contributed by atoms with Crippen molar-refractivity contribution in [2.75, 3.05) is 11.4 Å². The molecule has 0 unspecified atom stereocenters. The number of nitrogens with zero attached hydrogens (tertiary/aromatic N) is 3. The predicted molar refractivity (Wildman–Crippen MR) is 97.4 cm³/mol. The Kier molecular flexibility index (Phi) is 4.83. The highest BCUT2D eigenvalue weighted by molar-refractivity contribution is 6.07. The van der Waals surface area contributed by atoms with Crippen molar-refractivity contribution in [1.82, 2.24) is 9.88 Å². The summed E-state index contributed by atoms with van der Waals surface area (Å²) in [6.45, 7) is 6.27. The maximum absolute atomic E-state index is 13.1. The van der Waals surface area contributed by atoms with Crippen LogP contribution in [0.2, 0.25) is 0 Å². The molecule has 0 saturated carbocycles. The highest BCUT2D eigenvalue weighted by atomic mass is 16.2. The standard InChI is InChI=1S/C20H23N3O2/c1-4-22(15(3)24)19-12-14(2)23(18-10-6-5-9-17(18)19)20(25)16-8-7-11-21-13-16/h5-11,13-14,19H,4,12H2,1-3H3/t14-,19+/m0/s1. The van der Waals surface area contributed by atoms with Gasteiger partial charge in [-0.2, -0.15) is 0 Å². The van der Waals surface area contributed by atoms with Crippen LogP contribution < -0.4 is 4.90 Å². The molecule has 2 aromatic rings. The van der Waals surface area contributed by atoms with Crippen molar-refractivity contribution in [3.05, 3.63) is 59.9 Å². The lowest BCUT2D eigenvalue weighted by Crippen LogP contribution is -2.47. The Morgan fingerprint density at radius 2 is 2.00 bits per heavy atom. The van der Waals surface area contributed by atoms with Gasteiger partial charge in [0.1, 0.15) is 0 Å². The minimum Gasteiger partial charge on any atom is -0.336 e. The number of carbonyl (C=O) groups excluding carboxylic acids is 2. The van der Waals surface area contributed by atoms with Crippen LogP contribution in [0.15, 0.2) is 48.8 Å². The van der Waals surface area contributed by atoms with Crippen LogP contribution in [0.3, 0.4) is 0 Å². The zero-order valence-electron chi connectivity index (χ0n) is 14.8. The molecule has 1 aliphatic rings. The van der Waals surface area contributed by atoms with Crippen LogP contribution in [-0.4, -0.2) is 34.3 Å². The molecule has 5 heteroatoms. The van der Waals surface area contributed by atoms with Crippen LogP contribution in [-0.2, 0) is 4.79 Å². The van der Waals surface area contributed by atoms with Gasteiger partial charge in [0.2, 0.25) is 5.91 Å². The third-order valence-corrected chi connectivity index (χ3v) is 4.81. The van der Waals surface area contributed by atoms with Crippen molar-refractivity contribution >= 4 is 17.5 Å². The molecule has 0 radical (unpaired) electrons. The van der Waals surface area contributed by atoms with Crippen molar-refractivity contribution in [1.29, 1.82) is 0 Å². The lowest BCUT2D eigenvalue weighted by molar-refractivity contribution is -0.131. The van der Waals surface area contributed by atoms with Crippen molar-refractivity contribution < 1.29 is 9.59 Å². The first-order chi connectivity index (χ1) is 12.0. The van der Waals surface area contributed by atoms with Gasteiger partial charge < -0.3 is 9.80 Å². The second-order valence-corrected chi connectivity index (χ2v) is 6.38. The molecule has 130 valence electrons. The number of carbonyl (C=O) groups is 2. The van der Waals surface area contributed by atoms with Gasteiger partial charge >= 0.3 is 0 Å². The maximum Gasteiger partial charge on any atom is 0.260 e. The van der Waals surface area contributed by atoms with Gasteiger partial charge in [-0.1, -0.05) is 18.2 Å². The summed E-state index contributed by atoms with van der Waals surface area (Å²) in [7, 11) is 0. The molecule has 3 rings (SSSR count). The first-order valence-electron chi connectivity index (χ1n) is 8.64. The number of amides is 2. The quantitative estimate of drug-likeness (QED) is 0.862. The zero-order valence-corrected chi connectivity index (χ0v) is 14.8. The van der Waals surface area contributed by atoms with Crippen molar-refractivity contribution in [2.45, 2.75) is 39.3 Å². The summed E-state index contributed by atoms with van der Waals surface area (Å²) >= 11 is 0. The minimum atomic E-state index is -0.0580. The lowest BCUT2D eigenvalue weighted by Gasteiger charge is -2.43. The van der Waals surface area contributed by atoms with E-state index in [2.05, 4.69) is 4.98 Å². The van der Waals surface area contributed by atoms with Gasteiger partial charge in [-0.25, -0.2) is 0 Å². The lowest BCUT2D eigenvalue weighted by atomic mass is 9.90. The summed E-state index contributed by atoms with van der Waals surface area (Å²) < 4.78 is 0. The van der Waals surface area contributed by atoms with Crippen LogP contribution in [0.25, 0.3) is 0 Å². The van der Waals surface area contributed by atoms with Gasteiger partial charge in [0.25, 0.3) is 5.91 Å². The first kappa shape index (κ1) is 17.1. The van der Waals surface area contributed by atoms with Crippen molar-refractivity contribution in [3.8, 4) is 0 Å². The molecule has 0 N–H and O–H groups in total. The molecular weight excluding hydrogens is 314 g/mol. The van der Waals surface area contributed by atoms with E-state index < -0.39 is 0 Å². The monoisotopic (exact) mass is 337 g/mol. The second-order valence-electron chi connectivity index (χ2n) is 6.38. The molecular formula is C20H23N3O2. The molecule has 0 bridgehead atoms. The Labute approximate surface area is 148 Å². The molecule has 2 heterocycles. The molecule has 1 aromatic carbocycles. The van der Waals surface area contributed by atoms with Crippen LogP contribution in [0.1, 0.15) is 49.2 Å². The van der Waals surface area contributed by atoms with E-state index in [0.29, 0.717) is 12.1 Å². The van der Waals surface area contributed by atoms with Crippen molar-refractivity contribution in [3.63, 3.8) is 0 Å². The average Bonchev–Trinajstić information content (AvgIpc) is 2.62. The molecule has 1 aromatic heterocycles. The van der Waals surface area contributed by atoms with Crippen LogP contribution in [0, 0.1) is 0 Å². The van der Waals surface area contributed by atoms with Crippen LogP contribution in [0.5, 0.6) is 0 Å². The van der Waals surface area contributed by atoms with E-state index in [1.54, 1.807) is 31.5 Å². The Morgan fingerprint density at radius 1 is 1.24 bits per heavy atom. The molecule has 0 fully saturated rings. The van der Waals surface area contributed by atoms with E-state index >= 15 is 0 Å². The molecule has 2 atom stereocenters.